The summed E-state index contributed by atoms with van der Waals surface area (Å²) in [5.41, 5.74) is -1.43. The van der Waals surface area contributed by atoms with E-state index in [2.05, 4.69) is 4.74 Å². The minimum atomic E-state index is -6.06. The number of esters is 1. The predicted molar refractivity (Wildman–Crippen MR) is 46.8 cm³/mol. The summed E-state index contributed by atoms with van der Waals surface area (Å²) < 4.78 is 67.0. The van der Waals surface area contributed by atoms with Gasteiger partial charge in [0, 0.05) is 5.56 Å². The number of rotatable bonds is 1. The topological polar surface area (TPSA) is 46.5 Å². The lowest BCUT2D eigenvalue weighted by molar-refractivity contribution is -0.395. The van der Waals surface area contributed by atoms with Gasteiger partial charge in [-0.05, 0) is 6.07 Å². The molecule has 1 heterocycles. The second-order valence-electron chi connectivity index (χ2n) is 3.65. The number of fused-ring (bicyclic) bond motifs is 1. The molecule has 0 saturated heterocycles. The molecule has 18 heavy (non-hydrogen) atoms. The summed E-state index contributed by atoms with van der Waals surface area (Å²) in [7, 11) is 0. The largest absolute Gasteiger partial charge is 0.460 e. The molecule has 8 heteroatoms. The first-order valence-corrected chi connectivity index (χ1v) is 4.61. The Morgan fingerprint density at radius 1 is 1.11 bits per heavy atom. The second-order valence-corrected chi connectivity index (χ2v) is 3.65. The number of aliphatic hydroxyl groups is 1. The van der Waals surface area contributed by atoms with Crippen LogP contribution >= 0.6 is 0 Å². The summed E-state index contributed by atoms with van der Waals surface area (Å²) in [6.07, 6.45) is -6.06. The summed E-state index contributed by atoms with van der Waals surface area (Å²) >= 11 is 0. The van der Waals surface area contributed by atoms with Crippen LogP contribution in [-0.4, -0.2) is 23.2 Å². The fourth-order valence-corrected chi connectivity index (χ4v) is 1.63. The Bertz CT molecular complexity index is 510. The molecule has 1 aromatic carbocycles. The van der Waals surface area contributed by atoms with Gasteiger partial charge in [-0.25, -0.2) is 4.79 Å². The Balaban J connectivity index is 2.63. The van der Waals surface area contributed by atoms with Crippen molar-refractivity contribution in [2.75, 3.05) is 0 Å². The Kier molecular flexibility index (Phi) is 2.41. The van der Waals surface area contributed by atoms with E-state index in [0.717, 1.165) is 18.2 Å². The van der Waals surface area contributed by atoms with Gasteiger partial charge in [-0.2, -0.15) is 22.0 Å². The molecule has 98 valence electrons. The Morgan fingerprint density at radius 2 is 1.67 bits per heavy atom. The zero-order valence-electron chi connectivity index (χ0n) is 8.46. The fraction of sp³-hybridized carbons (Fsp3) is 0.300. The first-order chi connectivity index (χ1) is 8.11. The molecule has 1 atom stereocenters. The molecule has 1 unspecified atom stereocenters. The molecule has 2 rings (SSSR count). The van der Waals surface area contributed by atoms with Crippen LogP contribution in [0.4, 0.5) is 22.0 Å². The normalized spacial score (nSPS) is 23.8. The highest BCUT2D eigenvalue weighted by Crippen LogP contribution is 2.52. The zero-order chi connectivity index (χ0) is 13.8. The van der Waals surface area contributed by atoms with E-state index in [1.807, 2.05) is 0 Å². The van der Waals surface area contributed by atoms with Gasteiger partial charge < -0.3 is 9.84 Å². The monoisotopic (exact) mass is 268 g/mol. The molecule has 0 spiro atoms. The molecule has 0 aliphatic carbocycles. The zero-order valence-corrected chi connectivity index (χ0v) is 8.46. The lowest BCUT2D eigenvalue weighted by Crippen LogP contribution is -2.55. The third-order valence-electron chi connectivity index (χ3n) is 2.53. The predicted octanol–water partition coefficient (Wildman–Crippen LogP) is 2.20. The summed E-state index contributed by atoms with van der Waals surface area (Å²) in [5.74, 6) is -11.1. The molecule has 1 aliphatic heterocycles. The van der Waals surface area contributed by atoms with Crippen molar-refractivity contribution in [1.82, 2.24) is 0 Å². The minimum Gasteiger partial charge on any atom is -0.418 e. The maximum Gasteiger partial charge on any atom is 0.460 e. The third kappa shape index (κ3) is 1.41. The molecule has 0 amide bonds. The van der Waals surface area contributed by atoms with Crippen LogP contribution in [0.15, 0.2) is 24.3 Å². The molecule has 1 aliphatic rings. The van der Waals surface area contributed by atoms with E-state index in [1.54, 1.807) is 0 Å². The van der Waals surface area contributed by atoms with Crippen LogP contribution in [0.5, 0.6) is 0 Å². The smallest absolute Gasteiger partial charge is 0.418 e. The van der Waals surface area contributed by atoms with Crippen molar-refractivity contribution in [2.24, 2.45) is 0 Å². The van der Waals surface area contributed by atoms with Gasteiger partial charge in [0.25, 0.3) is 0 Å². The first-order valence-electron chi connectivity index (χ1n) is 4.61. The van der Waals surface area contributed by atoms with E-state index in [9.17, 15) is 31.9 Å². The number of alkyl halides is 5. The van der Waals surface area contributed by atoms with Gasteiger partial charge in [0.2, 0.25) is 0 Å². The molecule has 0 aromatic heterocycles. The van der Waals surface area contributed by atoms with E-state index < -0.39 is 35.0 Å². The highest BCUT2D eigenvalue weighted by Gasteiger charge is 2.75. The highest BCUT2D eigenvalue weighted by atomic mass is 19.4. The summed E-state index contributed by atoms with van der Waals surface area (Å²) in [6.45, 7) is 0. The number of hydrogen-bond donors (Lipinski definition) is 1. The maximum absolute atomic E-state index is 13.2. The summed E-state index contributed by atoms with van der Waals surface area (Å²) in [4.78, 5) is 11.2. The molecule has 0 bridgehead atoms. The van der Waals surface area contributed by atoms with E-state index in [1.165, 1.54) is 6.07 Å². The Hall–Kier alpha value is -1.70. The number of ether oxygens (including phenoxy) is 1. The lowest BCUT2D eigenvalue weighted by atomic mass is 9.97. The van der Waals surface area contributed by atoms with Crippen molar-refractivity contribution in [3.63, 3.8) is 0 Å². The van der Waals surface area contributed by atoms with Crippen LogP contribution in [0.2, 0.25) is 0 Å². The molecule has 1 N–H and O–H groups in total. The highest BCUT2D eigenvalue weighted by molar-refractivity contribution is 5.94. The molecule has 0 radical (unpaired) electrons. The van der Waals surface area contributed by atoms with Gasteiger partial charge >= 0.3 is 23.9 Å². The molecular formula is C10H5F5O3. The standard InChI is InChI=1S/C10H5F5O3/c11-9(12,10(13,14)15)8(17)6-4-2-1-3-5(6)7(16)18-8/h1-4,17H. The van der Waals surface area contributed by atoms with Crippen LogP contribution in [0.1, 0.15) is 15.9 Å². The summed E-state index contributed by atoms with van der Waals surface area (Å²) in [6, 6.07) is 4.12. The van der Waals surface area contributed by atoms with Crippen molar-refractivity contribution in [3.05, 3.63) is 35.4 Å². The van der Waals surface area contributed by atoms with Crippen LogP contribution in [0, 0.1) is 0 Å². The number of carbonyl (C=O) groups is 1. The van der Waals surface area contributed by atoms with Gasteiger partial charge in [0.05, 0.1) is 5.56 Å². The van der Waals surface area contributed by atoms with E-state index in [4.69, 9.17) is 0 Å². The number of halogens is 5. The summed E-state index contributed by atoms with van der Waals surface area (Å²) in [5, 5.41) is 9.46. The van der Waals surface area contributed by atoms with E-state index in [0.29, 0.717) is 0 Å². The van der Waals surface area contributed by atoms with Crippen molar-refractivity contribution in [2.45, 2.75) is 17.9 Å². The molecular weight excluding hydrogens is 263 g/mol. The van der Waals surface area contributed by atoms with Gasteiger partial charge in [-0.1, -0.05) is 18.2 Å². The molecule has 0 saturated carbocycles. The SMILES string of the molecule is O=C1OC(O)(C(F)(F)C(F)(F)F)c2ccccc21. The number of benzene rings is 1. The quantitative estimate of drug-likeness (QED) is 0.627. The molecule has 0 fully saturated rings. The second kappa shape index (κ2) is 3.41. The fourth-order valence-electron chi connectivity index (χ4n) is 1.63. The maximum atomic E-state index is 13.2. The van der Waals surface area contributed by atoms with Gasteiger partial charge in [0.1, 0.15) is 0 Å². The number of hydrogen-bond acceptors (Lipinski definition) is 3. The number of cyclic esters (lactones) is 1. The number of carbonyl (C=O) groups excluding carboxylic acids is 1. The van der Waals surface area contributed by atoms with Crippen LogP contribution in [0.25, 0.3) is 0 Å². The van der Waals surface area contributed by atoms with Gasteiger partial charge in [0.15, 0.2) is 0 Å². The average Bonchev–Trinajstić information content (AvgIpc) is 2.52. The molecule has 3 nitrogen and oxygen atoms in total. The van der Waals surface area contributed by atoms with Crippen LogP contribution in [0.3, 0.4) is 0 Å². The van der Waals surface area contributed by atoms with Crippen molar-refractivity contribution >= 4 is 5.97 Å². The van der Waals surface area contributed by atoms with Crippen LogP contribution < -0.4 is 0 Å². The lowest BCUT2D eigenvalue weighted by Gasteiger charge is -2.32. The minimum absolute atomic E-state index is 0.524. The van der Waals surface area contributed by atoms with E-state index in [-0.39, 0.29) is 0 Å². The van der Waals surface area contributed by atoms with Gasteiger partial charge in [-0.3, -0.25) is 0 Å². The Labute approximate surface area is 96.8 Å². The average molecular weight is 268 g/mol. The third-order valence-corrected chi connectivity index (χ3v) is 2.53. The van der Waals surface area contributed by atoms with Crippen LogP contribution in [-0.2, 0) is 10.5 Å². The van der Waals surface area contributed by atoms with Crippen molar-refractivity contribution < 1.29 is 36.6 Å². The first kappa shape index (κ1) is 12.7. The van der Waals surface area contributed by atoms with Crippen molar-refractivity contribution in [1.29, 1.82) is 0 Å². The van der Waals surface area contributed by atoms with Gasteiger partial charge in [-0.15, -0.1) is 0 Å². The Morgan fingerprint density at radius 3 is 2.22 bits per heavy atom. The molecule has 1 aromatic rings. The van der Waals surface area contributed by atoms with Crippen molar-refractivity contribution in [3.8, 4) is 0 Å². The van der Waals surface area contributed by atoms with E-state index >= 15 is 0 Å².